The fourth-order valence-electron chi connectivity index (χ4n) is 2.53. The monoisotopic (exact) mass is 395 g/mol. The lowest BCUT2D eigenvalue weighted by molar-refractivity contribution is 0.0949. The number of carbonyl (C=O) groups is 2. The Hall–Kier alpha value is -3.38. The van der Waals surface area contributed by atoms with E-state index in [4.69, 9.17) is 16.3 Å². The van der Waals surface area contributed by atoms with Crippen LogP contribution in [0, 0.1) is 0 Å². The second-order valence-electron chi connectivity index (χ2n) is 5.92. The van der Waals surface area contributed by atoms with Gasteiger partial charge in [0, 0.05) is 35.1 Å². The van der Waals surface area contributed by atoms with Crippen LogP contribution in [0.25, 0.3) is 0 Å². The largest absolute Gasteiger partial charge is 0.495 e. The standard InChI is InChI=1S/C21H18ClN3O3/c1-28-19-9-8-17(22)11-18(19)25-21(27)16-6-4-15(5-7-16)20(26)24-13-14-3-2-10-23-12-14/h2-12H,13H2,1H3,(H,24,26)(H,25,27). The summed E-state index contributed by atoms with van der Waals surface area (Å²) in [6.07, 6.45) is 3.37. The molecule has 0 atom stereocenters. The molecule has 0 unspecified atom stereocenters. The summed E-state index contributed by atoms with van der Waals surface area (Å²) in [4.78, 5) is 28.7. The number of benzene rings is 2. The lowest BCUT2D eigenvalue weighted by Crippen LogP contribution is -2.23. The van der Waals surface area contributed by atoms with Gasteiger partial charge in [0.2, 0.25) is 0 Å². The molecule has 1 aromatic heterocycles. The molecule has 28 heavy (non-hydrogen) atoms. The van der Waals surface area contributed by atoms with Crippen LogP contribution in [-0.2, 0) is 6.54 Å². The van der Waals surface area contributed by atoms with Gasteiger partial charge in [-0.3, -0.25) is 14.6 Å². The highest BCUT2D eigenvalue weighted by Crippen LogP contribution is 2.28. The summed E-state index contributed by atoms with van der Waals surface area (Å²) in [6.45, 7) is 0.378. The third kappa shape index (κ3) is 4.86. The van der Waals surface area contributed by atoms with Crippen molar-refractivity contribution in [3.05, 3.63) is 88.7 Å². The number of methoxy groups -OCH3 is 1. The van der Waals surface area contributed by atoms with Gasteiger partial charge in [0.15, 0.2) is 0 Å². The van der Waals surface area contributed by atoms with Crippen LogP contribution in [0.2, 0.25) is 5.02 Å². The molecule has 0 aliphatic heterocycles. The summed E-state index contributed by atoms with van der Waals surface area (Å²) in [5, 5.41) is 6.06. The van der Waals surface area contributed by atoms with Gasteiger partial charge < -0.3 is 15.4 Å². The number of hydrogen-bond donors (Lipinski definition) is 2. The van der Waals surface area contributed by atoms with Crippen molar-refractivity contribution < 1.29 is 14.3 Å². The molecular weight excluding hydrogens is 378 g/mol. The predicted octanol–water partition coefficient (Wildman–Crippen LogP) is 3.93. The summed E-state index contributed by atoms with van der Waals surface area (Å²) < 4.78 is 5.22. The van der Waals surface area contributed by atoms with Crippen molar-refractivity contribution >= 4 is 29.1 Å². The van der Waals surface area contributed by atoms with Crippen LogP contribution in [0.4, 0.5) is 5.69 Å². The summed E-state index contributed by atoms with van der Waals surface area (Å²) in [5.74, 6) is -0.0562. The second kappa shape index (κ2) is 9.01. The summed E-state index contributed by atoms with van der Waals surface area (Å²) in [6, 6.07) is 15.0. The molecule has 142 valence electrons. The number of halogens is 1. The Kier molecular flexibility index (Phi) is 6.24. The minimum absolute atomic E-state index is 0.229. The average Bonchev–Trinajstić information content (AvgIpc) is 2.73. The van der Waals surface area contributed by atoms with Gasteiger partial charge in [-0.15, -0.1) is 0 Å². The summed E-state index contributed by atoms with van der Waals surface area (Å²) in [5.41, 5.74) is 2.24. The highest BCUT2D eigenvalue weighted by Gasteiger charge is 2.12. The number of anilines is 1. The molecule has 3 rings (SSSR count). The maximum absolute atomic E-state index is 12.5. The summed E-state index contributed by atoms with van der Waals surface area (Å²) >= 11 is 5.98. The molecule has 0 saturated carbocycles. The number of hydrogen-bond acceptors (Lipinski definition) is 4. The number of nitrogens with one attached hydrogen (secondary N) is 2. The van der Waals surface area contributed by atoms with Crippen LogP contribution in [0.5, 0.6) is 5.75 Å². The first-order valence-corrected chi connectivity index (χ1v) is 8.86. The van der Waals surface area contributed by atoms with Gasteiger partial charge in [-0.25, -0.2) is 0 Å². The molecule has 6 nitrogen and oxygen atoms in total. The SMILES string of the molecule is COc1ccc(Cl)cc1NC(=O)c1ccc(C(=O)NCc2cccnc2)cc1. The van der Waals surface area contributed by atoms with E-state index in [0.717, 1.165) is 5.56 Å². The van der Waals surface area contributed by atoms with E-state index < -0.39 is 0 Å². The van der Waals surface area contributed by atoms with E-state index in [9.17, 15) is 9.59 Å². The first-order chi connectivity index (χ1) is 13.6. The Balaban J connectivity index is 1.64. The zero-order valence-corrected chi connectivity index (χ0v) is 15.9. The normalized spacial score (nSPS) is 10.2. The number of amides is 2. The van der Waals surface area contributed by atoms with Crippen LogP contribution < -0.4 is 15.4 Å². The first-order valence-electron chi connectivity index (χ1n) is 8.49. The Labute approximate surface area is 167 Å². The highest BCUT2D eigenvalue weighted by atomic mass is 35.5. The van der Waals surface area contributed by atoms with Crippen LogP contribution in [0.15, 0.2) is 67.0 Å². The third-order valence-corrected chi connectivity index (χ3v) is 4.23. The third-order valence-electron chi connectivity index (χ3n) is 3.99. The molecule has 0 fully saturated rings. The minimum atomic E-state index is -0.331. The van der Waals surface area contributed by atoms with Crippen molar-refractivity contribution in [3.8, 4) is 5.75 Å². The van der Waals surface area contributed by atoms with E-state index in [0.29, 0.717) is 34.1 Å². The molecule has 3 aromatic rings. The van der Waals surface area contributed by atoms with Gasteiger partial charge in [0.25, 0.3) is 11.8 Å². The topological polar surface area (TPSA) is 80.3 Å². The van der Waals surface area contributed by atoms with Gasteiger partial charge >= 0.3 is 0 Å². The minimum Gasteiger partial charge on any atom is -0.495 e. The highest BCUT2D eigenvalue weighted by molar-refractivity contribution is 6.31. The lowest BCUT2D eigenvalue weighted by atomic mass is 10.1. The van der Waals surface area contributed by atoms with Gasteiger partial charge in [0.05, 0.1) is 12.8 Å². The molecule has 0 radical (unpaired) electrons. The number of aromatic nitrogens is 1. The Morgan fingerprint density at radius 2 is 1.75 bits per heavy atom. The second-order valence-corrected chi connectivity index (χ2v) is 6.36. The van der Waals surface area contributed by atoms with Crippen LogP contribution in [0.1, 0.15) is 26.3 Å². The lowest BCUT2D eigenvalue weighted by Gasteiger charge is -2.11. The number of rotatable bonds is 6. The van der Waals surface area contributed by atoms with E-state index in [2.05, 4.69) is 15.6 Å². The molecule has 0 saturated heterocycles. The quantitative estimate of drug-likeness (QED) is 0.662. The smallest absolute Gasteiger partial charge is 0.255 e. The van der Waals surface area contributed by atoms with E-state index >= 15 is 0 Å². The Morgan fingerprint density at radius 3 is 2.39 bits per heavy atom. The Morgan fingerprint density at radius 1 is 1.04 bits per heavy atom. The molecule has 0 bridgehead atoms. The molecule has 1 heterocycles. The molecular formula is C21H18ClN3O3. The molecule has 2 amide bonds. The molecule has 2 aromatic carbocycles. The van der Waals surface area contributed by atoms with Crippen molar-refractivity contribution in [2.45, 2.75) is 6.54 Å². The van der Waals surface area contributed by atoms with Gasteiger partial charge in [-0.2, -0.15) is 0 Å². The van der Waals surface area contributed by atoms with Crippen LogP contribution >= 0.6 is 11.6 Å². The fraction of sp³-hybridized carbons (Fsp3) is 0.0952. The fourth-order valence-corrected chi connectivity index (χ4v) is 2.70. The van der Waals surface area contributed by atoms with E-state index in [1.54, 1.807) is 54.9 Å². The van der Waals surface area contributed by atoms with E-state index in [-0.39, 0.29) is 11.8 Å². The van der Waals surface area contributed by atoms with Crippen LogP contribution in [0.3, 0.4) is 0 Å². The van der Waals surface area contributed by atoms with Crippen molar-refractivity contribution in [1.29, 1.82) is 0 Å². The molecule has 0 aliphatic rings. The molecule has 7 heteroatoms. The number of pyridine rings is 1. The first kappa shape index (κ1) is 19.4. The maximum Gasteiger partial charge on any atom is 0.255 e. The zero-order valence-electron chi connectivity index (χ0n) is 15.1. The number of carbonyl (C=O) groups excluding carboxylic acids is 2. The maximum atomic E-state index is 12.5. The Bertz CT molecular complexity index is 976. The average molecular weight is 396 g/mol. The summed E-state index contributed by atoms with van der Waals surface area (Å²) in [7, 11) is 1.51. The predicted molar refractivity (Wildman–Crippen MR) is 108 cm³/mol. The molecule has 0 spiro atoms. The zero-order chi connectivity index (χ0) is 19.9. The van der Waals surface area contributed by atoms with Crippen molar-refractivity contribution in [3.63, 3.8) is 0 Å². The van der Waals surface area contributed by atoms with Gasteiger partial charge in [-0.05, 0) is 54.1 Å². The van der Waals surface area contributed by atoms with Crippen molar-refractivity contribution in [2.24, 2.45) is 0 Å². The van der Waals surface area contributed by atoms with Gasteiger partial charge in [0.1, 0.15) is 5.75 Å². The molecule has 0 aliphatic carbocycles. The number of ether oxygens (including phenoxy) is 1. The van der Waals surface area contributed by atoms with Crippen molar-refractivity contribution in [1.82, 2.24) is 10.3 Å². The molecule has 2 N–H and O–H groups in total. The van der Waals surface area contributed by atoms with Gasteiger partial charge in [-0.1, -0.05) is 17.7 Å². The van der Waals surface area contributed by atoms with Crippen molar-refractivity contribution in [2.75, 3.05) is 12.4 Å². The van der Waals surface area contributed by atoms with E-state index in [1.165, 1.54) is 7.11 Å². The van der Waals surface area contributed by atoms with Crippen LogP contribution in [-0.4, -0.2) is 23.9 Å². The van der Waals surface area contributed by atoms with E-state index in [1.807, 2.05) is 12.1 Å². The number of nitrogens with zero attached hydrogens (tertiary/aromatic N) is 1.